The third kappa shape index (κ3) is 4.55. The molecule has 3 N–H and O–H groups in total. The van der Waals surface area contributed by atoms with E-state index in [0.29, 0.717) is 17.9 Å². The highest BCUT2D eigenvalue weighted by Gasteiger charge is 2.08. The second-order valence-electron chi connectivity index (χ2n) is 3.53. The van der Waals surface area contributed by atoms with Crippen molar-refractivity contribution in [3.05, 3.63) is 29.8 Å². The molecule has 1 amide bonds. The molecule has 0 radical (unpaired) electrons. The predicted octanol–water partition coefficient (Wildman–Crippen LogP) is 0.952. The van der Waals surface area contributed by atoms with Crippen LogP contribution in [0.3, 0.4) is 0 Å². The van der Waals surface area contributed by atoms with Crippen LogP contribution >= 0.6 is 0 Å². The molecule has 0 aliphatic rings. The van der Waals surface area contributed by atoms with Gasteiger partial charge >= 0.3 is 5.97 Å². The number of ether oxygens (including phenoxy) is 1. The maximum atomic E-state index is 11.6. The van der Waals surface area contributed by atoms with Crippen molar-refractivity contribution in [3.63, 3.8) is 0 Å². The van der Waals surface area contributed by atoms with E-state index in [4.69, 9.17) is 10.5 Å². The minimum absolute atomic E-state index is 0.131. The van der Waals surface area contributed by atoms with Gasteiger partial charge in [-0.15, -0.1) is 0 Å². The monoisotopic (exact) mass is 236 g/mol. The minimum Gasteiger partial charge on any atom is -0.464 e. The van der Waals surface area contributed by atoms with Gasteiger partial charge in [0, 0.05) is 11.3 Å². The van der Waals surface area contributed by atoms with Crippen molar-refractivity contribution in [3.8, 4) is 0 Å². The van der Waals surface area contributed by atoms with Gasteiger partial charge in [-0.05, 0) is 24.6 Å². The lowest BCUT2D eigenvalue weighted by Gasteiger charge is -2.06. The molecular weight excluding hydrogens is 220 g/mol. The van der Waals surface area contributed by atoms with Crippen LogP contribution in [0.25, 0.3) is 0 Å². The molecule has 1 aromatic carbocycles. The van der Waals surface area contributed by atoms with Gasteiger partial charge in [0.2, 0.25) is 0 Å². The number of nitrogen functional groups attached to an aromatic ring is 1. The second-order valence-corrected chi connectivity index (χ2v) is 3.53. The normalized spacial score (nSPS) is 9.71. The Balaban J connectivity index is 2.42. The standard InChI is InChI=1S/C12H16N2O3/c1-2-6-17-11(15)8-14-12(16)9-4-3-5-10(13)7-9/h3-5,7H,2,6,8,13H2,1H3,(H,14,16). The second kappa shape index (κ2) is 6.52. The summed E-state index contributed by atoms with van der Waals surface area (Å²) >= 11 is 0. The van der Waals surface area contributed by atoms with Crippen molar-refractivity contribution in [2.45, 2.75) is 13.3 Å². The summed E-state index contributed by atoms with van der Waals surface area (Å²) in [5.41, 5.74) is 6.48. The number of amides is 1. The number of carbonyl (C=O) groups excluding carboxylic acids is 2. The third-order valence-electron chi connectivity index (χ3n) is 2.01. The molecule has 0 saturated carbocycles. The Kier molecular flexibility index (Phi) is 5.00. The molecule has 0 aliphatic heterocycles. The summed E-state index contributed by atoms with van der Waals surface area (Å²) < 4.78 is 4.82. The lowest BCUT2D eigenvalue weighted by Crippen LogP contribution is -2.30. The quantitative estimate of drug-likeness (QED) is 0.589. The Morgan fingerprint density at radius 2 is 2.18 bits per heavy atom. The zero-order chi connectivity index (χ0) is 12.7. The number of rotatable bonds is 5. The fourth-order valence-corrected chi connectivity index (χ4v) is 1.20. The number of nitrogens with one attached hydrogen (secondary N) is 1. The molecule has 0 aromatic heterocycles. The van der Waals surface area contributed by atoms with Gasteiger partial charge in [-0.3, -0.25) is 9.59 Å². The SMILES string of the molecule is CCCOC(=O)CNC(=O)c1cccc(N)c1. The first-order chi connectivity index (χ1) is 8.13. The van der Waals surface area contributed by atoms with Gasteiger partial charge < -0.3 is 15.8 Å². The number of hydrogen-bond acceptors (Lipinski definition) is 4. The van der Waals surface area contributed by atoms with E-state index in [1.165, 1.54) is 0 Å². The molecule has 0 fully saturated rings. The molecule has 0 unspecified atom stereocenters. The highest BCUT2D eigenvalue weighted by atomic mass is 16.5. The molecule has 5 nitrogen and oxygen atoms in total. The summed E-state index contributed by atoms with van der Waals surface area (Å²) in [6, 6.07) is 6.54. The van der Waals surface area contributed by atoms with E-state index in [9.17, 15) is 9.59 Å². The van der Waals surface area contributed by atoms with Gasteiger partial charge in [-0.25, -0.2) is 0 Å². The number of carbonyl (C=O) groups is 2. The zero-order valence-electron chi connectivity index (χ0n) is 9.73. The van der Waals surface area contributed by atoms with Crippen molar-refractivity contribution in [2.75, 3.05) is 18.9 Å². The van der Waals surface area contributed by atoms with Crippen molar-refractivity contribution < 1.29 is 14.3 Å². The number of benzene rings is 1. The van der Waals surface area contributed by atoms with Gasteiger partial charge in [0.05, 0.1) is 6.61 Å². The topological polar surface area (TPSA) is 81.4 Å². The Morgan fingerprint density at radius 3 is 2.82 bits per heavy atom. The molecule has 0 spiro atoms. The molecule has 0 aliphatic carbocycles. The average molecular weight is 236 g/mol. The first-order valence-corrected chi connectivity index (χ1v) is 5.43. The van der Waals surface area contributed by atoms with E-state index >= 15 is 0 Å². The van der Waals surface area contributed by atoms with Crippen LogP contribution in [0.4, 0.5) is 5.69 Å². The number of hydrogen-bond donors (Lipinski definition) is 2. The number of esters is 1. The van der Waals surface area contributed by atoms with E-state index in [-0.39, 0.29) is 12.5 Å². The summed E-state index contributed by atoms with van der Waals surface area (Å²) in [5.74, 6) is -0.783. The largest absolute Gasteiger partial charge is 0.464 e. The molecule has 1 rings (SSSR count). The third-order valence-corrected chi connectivity index (χ3v) is 2.01. The fraction of sp³-hybridized carbons (Fsp3) is 0.333. The highest BCUT2D eigenvalue weighted by Crippen LogP contribution is 2.05. The Bertz CT molecular complexity index is 404. The van der Waals surface area contributed by atoms with Gasteiger partial charge in [0.25, 0.3) is 5.91 Å². The summed E-state index contributed by atoms with van der Waals surface area (Å²) in [5, 5.41) is 2.47. The lowest BCUT2D eigenvalue weighted by molar-refractivity contribution is -0.142. The van der Waals surface area contributed by atoms with Crippen molar-refractivity contribution >= 4 is 17.6 Å². The molecule has 1 aromatic rings. The van der Waals surface area contributed by atoms with Crippen molar-refractivity contribution in [1.82, 2.24) is 5.32 Å². The fourth-order valence-electron chi connectivity index (χ4n) is 1.20. The number of nitrogens with two attached hydrogens (primary N) is 1. The first-order valence-electron chi connectivity index (χ1n) is 5.43. The lowest BCUT2D eigenvalue weighted by atomic mass is 10.2. The first kappa shape index (κ1) is 13.0. The summed E-state index contributed by atoms with van der Waals surface area (Å²) in [6.45, 7) is 2.14. The smallest absolute Gasteiger partial charge is 0.325 e. The van der Waals surface area contributed by atoms with Crippen LogP contribution in [0.1, 0.15) is 23.7 Å². The van der Waals surface area contributed by atoms with Gasteiger partial charge in [0.15, 0.2) is 0 Å². The van der Waals surface area contributed by atoms with E-state index in [1.807, 2.05) is 6.92 Å². The van der Waals surface area contributed by atoms with Crippen LogP contribution in [0, 0.1) is 0 Å². The average Bonchev–Trinajstić information content (AvgIpc) is 2.33. The van der Waals surface area contributed by atoms with Crippen LogP contribution in [-0.4, -0.2) is 25.0 Å². The summed E-state index contributed by atoms with van der Waals surface area (Å²) in [6.07, 6.45) is 0.759. The van der Waals surface area contributed by atoms with E-state index in [0.717, 1.165) is 6.42 Å². The van der Waals surface area contributed by atoms with Crippen molar-refractivity contribution in [1.29, 1.82) is 0 Å². The van der Waals surface area contributed by atoms with Gasteiger partial charge in [-0.2, -0.15) is 0 Å². The molecule has 5 heteroatoms. The molecular formula is C12H16N2O3. The highest BCUT2D eigenvalue weighted by molar-refractivity contribution is 5.96. The van der Waals surface area contributed by atoms with E-state index < -0.39 is 5.97 Å². The van der Waals surface area contributed by atoms with Gasteiger partial charge in [-0.1, -0.05) is 13.0 Å². The molecule has 92 valence electrons. The minimum atomic E-state index is -0.441. The number of anilines is 1. The Morgan fingerprint density at radius 1 is 1.41 bits per heavy atom. The maximum Gasteiger partial charge on any atom is 0.325 e. The Labute approximate surface area is 99.9 Å². The van der Waals surface area contributed by atoms with Crippen LogP contribution < -0.4 is 11.1 Å². The van der Waals surface area contributed by atoms with Crippen LogP contribution in [0.5, 0.6) is 0 Å². The predicted molar refractivity (Wildman–Crippen MR) is 64.4 cm³/mol. The molecule has 0 atom stereocenters. The van der Waals surface area contributed by atoms with Crippen LogP contribution in [-0.2, 0) is 9.53 Å². The molecule has 0 heterocycles. The van der Waals surface area contributed by atoms with Crippen LogP contribution in [0.2, 0.25) is 0 Å². The summed E-state index contributed by atoms with van der Waals surface area (Å²) in [7, 11) is 0. The van der Waals surface area contributed by atoms with E-state index in [2.05, 4.69) is 5.32 Å². The molecule has 0 bridgehead atoms. The van der Waals surface area contributed by atoms with Crippen LogP contribution in [0.15, 0.2) is 24.3 Å². The van der Waals surface area contributed by atoms with Gasteiger partial charge in [0.1, 0.15) is 6.54 Å². The summed E-state index contributed by atoms with van der Waals surface area (Å²) in [4.78, 5) is 22.7. The molecule has 17 heavy (non-hydrogen) atoms. The van der Waals surface area contributed by atoms with E-state index in [1.54, 1.807) is 24.3 Å². The Hall–Kier alpha value is -2.04. The maximum absolute atomic E-state index is 11.6. The van der Waals surface area contributed by atoms with Crippen molar-refractivity contribution in [2.24, 2.45) is 0 Å². The zero-order valence-corrected chi connectivity index (χ0v) is 9.73. The molecule has 0 saturated heterocycles.